The van der Waals surface area contributed by atoms with Crippen molar-refractivity contribution >= 4 is 33.2 Å². The lowest BCUT2D eigenvalue weighted by atomic mass is 10.1. The molecule has 3 aromatic carbocycles. The van der Waals surface area contributed by atoms with Gasteiger partial charge < -0.3 is 5.32 Å². The van der Waals surface area contributed by atoms with E-state index in [2.05, 4.69) is 5.32 Å². The zero-order chi connectivity index (χ0) is 21.6. The normalized spacial score (nSPS) is 11.1. The van der Waals surface area contributed by atoms with Crippen molar-refractivity contribution in [1.82, 2.24) is 5.32 Å². The summed E-state index contributed by atoms with van der Waals surface area (Å²) in [6.45, 7) is 1.90. The molecule has 5 nitrogen and oxygen atoms in total. The van der Waals surface area contributed by atoms with Crippen LogP contribution in [0.5, 0.6) is 0 Å². The van der Waals surface area contributed by atoms with Gasteiger partial charge in [0.15, 0.2) is 0 Å². The van der Waals surface area contributed by atoms with Gasteiger partial charge in [-0.15, -0.1) is 0 Å². The molecular weight excluding hydrogens is 420 g/mol. The van der Waals surface area contributed by atoms with Gasteiger partial charge in [0, 0.05) is 11.6 Å². The molecule has 0 heterocycles. The van der Waals surface area contributed by atoms with E-state index < -0.39 is 10.0 Å². The number of nitrogens with zero attached hydrogens (tertiary/aromatic N) is 1. The first kappa shape index (κ1) is 21.9. The van der Waals surface area contributed by atoms with Crippen molar-refractivity contribution in [3.63, 3.8) is 0 Å². The molecule has 0 bridgehead atoms. The zero-order valence-electron chi connectivity index (χ0n) is 16.6. The second kappa shape index (κ2) is 9.78. The van der Waals surface area contributed by atoms with Crippen LogP contribution in [0.1, 0.15) is 11.1 Å². The maximum absolute atomic E-state index is 13.3. The number of nitrogens with one attached hydrogen (secondary N) is 1. The number of hydrogen-bond acceptors (Lipinski definition) is 3. The topological polar surface area (TPSA) is 66.5 Å². The molecule has 0 aliphatic carbocycles. The van der Waals surface area contributed by atoms with E-state index in [0.29, 0.717) is 23.7 Å². The number of benzene rings is 3. The van der Waals surface area contributed by atoms with E-state index in [0.717, 1.165) is 15.4 Å². The predicted octanol–water partition coefficient (Wildman–Crippen LogP) is 4.20. The molecule has 0 aromatic heterocycles. The molecule has 3 aromatic rings. The highest BCUT2D eigenvalue weighted by Crippen LogP contribution is 2.27. The molecule has 0 saturated heterocycles. The Bertz CT molecular complexity index is 1100. The lowest BCUT2D eigenvalue weighted by molar-refractivity contribution is -0.119. The van der Waals surface area contributed by atoms with Crippen LogP contribution in [0.3, 0.4) is 0 Å². The third-order valence-electron chi connectivity index (χ3n) is 4.64. The third kappa shape index (κ3) is 5.40. The smallest absolute Gasteiger partial charge is 0.264 e. The molecule has 7 heteroatoms. The van der Waals surface area contributed by atoms with Gasteiger partial charge in [-0.25, -0.2) is 8.42 Å². The van der Waals surface area contributed by atoms with E-state index in [4.69, 9.17) is 11.6 Å². The fraction of sp³-hybridized carbons (Fsp3) is 0.174. The minimum absolute atomic E-state index is 0.110. The number of hydrogen-bond donors (Lipinski definition) is 1. The van der Waals surface area contributed by atoms with Crippen LogP contribution >= 0.6 is 11.6 Å². The van der Waals surface area contributed by atoms with Crippen molar-refractivity contribution in [2.75, 3.05) is 17.4 Å². The monoisotopic (exact) mass is 442 g/mol. The Morgan fingerprint density at radius 3 is 2.23 bits per heavy atom. The van der Waals surface area contributed by atoms with Crippen molar-refractivity contribution < 1.29 is 13.2 Å². The summed E-state index contributed by atoms with van der Waals surface area (Å²) in [6, 6.07) is 22.8. The van der Waals surface area contributed by atoms with Crippen LogP contribution in [0, 0.1) is 6.92 Å². The molecule has 30 heavy (non-hydrogen) atoms. The SMILES string of the molecule is Cc1ccc(N(CC(=O)NCCc2ccccc2)S(=O)(=O)c2ccccc2)cc1Cl. The van der Waals surface area contributed by atoms with Gasteiger partial charge in [-0.2, -0.15) is 0 Å². The second-order valence-electron chi connectivity index (χ2n) is 6.84. The first-order chi connectivity index (χ1) is 14.4. The summed E-state index contributed by atoms with van der Waals surface area (Å²) >= 11 is 6.22. The van der Waals surface area contributed by atoms with Gasteiger partial charge in [0.05, 0.1) is 10.6 Å². The van der Waals surface area contributed by atoms with Crippen LogP contribution in [0.15, 0.2) is 83.8 Å². The second-order valence-corrected chi connectivity index (χ2v) is 9.11. The van der Waals surface area contributed by atoms with Gasteiger partial charge in [-0.3, -0.25) is 9.10 Å². The quantitative estimate of drug-likeness (QED) is 0.568. The van der Waals surface area contributed by atoms with Crippen molar-refractivity contribution in [3.05, 3.63) is 95.0 Å². The van der Waals surface area contributed by atoms with Crippen LogP contribution in [0.25, 0.3) is 0 Å². The number of sulfonamides is 1. The average Bonchev–Trinajstić information content (AvgIpc) is 2.75. The van der Waals surface area contributed by atoms with E-state index >= 15 is 0 Å². The molecule has 0 atom stereocenters. The molecule has 0 saturated carbocycles. The molecule has 0 unspecified atom stereocenters. The summed E-state index contributed by atoms with van der Waals surface area (Å²) < 4.78 is 27.6. The summed E-state index contributed by atoms with van der Waals surface area (Å²) in [4.78, 5) is 12.7. The lowest BCUT2D eigenvalue weighted by Crippen LogP contribution is -2.41. The van der Waals surface area contributed by atoms with Gasteiger partial charge in [-0.05, 0) is 48.7 Å². The molecule has 1 N–H and O–H groups in total. The van der Waals surface area contributed by atoms with Crippen LogP contribution in [-0.2, 0) is 21.2 Å². The highest BCUT2D eigenvalue weighted by atomic mass is 35.5. The predicted molar refractivity (Wildman–Crippen MR) is 120 cm³/mol. The van der Waals surface area contributed by atoms with Crippen molar-refractivity contribution in [2.24, 2.45) is 0 Å². The Morgan fingerprint density at radius 2 is 1.60 bits per heavy atom. The molecule has 156 valence electrons. The molecular formula is C23H23ClN2O3S. The van der Waals surface area contributed by atoms with E-state index in [1.165, 1.54) is 12.1 Å². The first-order valence-corrected chi connectivity index (χ1v) is 11.3. The number of carbonyl (C=O) groups excluding carboxylic acids is 1. The standard InChI is InChI=1S/C23H23ClN2O3S/c1-18-12-13-20(16-22(18)24)26(30(28,29)21-10-6-3-7-11-21)17-23(27)25-15-14-19-8-4-2-5-9-19/h2-13,16H,14-15,17H2,1H3,(H,25,27). The summed E-state index contributed by atoms with van der Waals surface area (Å²) in [5.74, 6) is -0.387. The Hall–Kier alpha value is -2.83. The Morgan fingerprint density at radius 1 is 0.967 bits per heavy atom. The Labute approximate surface area is 182 Å². The number of amides is 1. The van der Waals surface area contributed by atoms with Gasteiger partial charge in [0.2, 0.25) is 5.91 Å². The van der Waals surface area contributed by atoms with Crippen molar-refractivity contribution in [2.45, 2.75) is 18.2 Å². The number of aryl methyl sites for hydroxylation is 1. The van der Waals surface area contributed by atoms with Gasteiger partial charge in [0.1, 0.15) is 6.54 Å². The fourth-order valence-electron chi connectivity index (χ4n) is 2.95. The van der Waals surface area contributed by atoms with Crippen molar-refractivity contribution in [3.8, 4) is 0 Å². The molecule has 0 radical (unpaired) electrons. The molecule has 0 aliphatic rings. The van der Waals surface area contributed by atoms with Crippen LogP contribution in [0.4, 0.5) is 5.69 Å². The number of rotatable bonds is 8. The first-order valence-electron chi connectivity index (χ1n) is 9.52. The van der Waals surface area contributed by atoms with Crippen LogP contribution < -0.4 is 9.62 Å². The minimum Gasteiger partial charge on any atom is -0.354 e. The number of halogens is 1. The molecule has 3 rings (SSSR count). The maximum atomic E-state index is 13.3. The number of anilines is 1. The summed E-state index contributed by atoms with van der Waals surface area (Å²) in [5.41, 5.74) is 2.26. The average molecular weight is 443 g/mol. The summed E-state index contributed by atoms with van der Waals surface area (Å²) in [6.07, 6.45) is 0.661. The van der Waals surface area contributed by atoms with E-state index in [-0.39, 0.29) is 17.3 Å². The van der Waals surface area contributed by atoms with Crippen LogP contribution in [-0.4, -0.2) is 27.4 Å². The lowest BCUT2D eigenvalue weighted by Gasteiger charge is -2.24. The third-order valence-corrected chi connectivity index (χ3v) is 6.84. The molecule has 0 spiro atoms. The highest BCUT2D eigenvalue weighted by Gasteiger charge is 2.27. The molecule has 0 aliphatic heterocycles. The van der Waals surface area contributed by atoms with Gasteiger partial charge >= 0.3 is 0 Å². The van der Waals surface area contributed by atoms with Gasteiger partial charge in [-0.1, -0.05) is 66.2 Å². The molecule has 1 amide bonds. The summed E-state index contributed by atoms with van der Waals surface area (Å²) in [5, 5.41) is 3.24. The highest BCUT2D eigenvalue weighted by molar-refractivity contribution is 7.92. The summed E-state index contributed by atoms with van der Waals surface area (Å²) in [7, 11) is -3.94. The van der Waals surface area contributed by atoms with Crippen LogP contribution in [0.2, 0.25) is 5.02 Å². The maximum Gasteiger partial charge on any atom is 0.264 e. The fourth-order valence-corrected chi connectivity index (χ4v) is 4.56. The van der Waals surface area contributed by atoms with E-state index in [1.807, 2.05) is 37.3 Å². The van der Waals surface area contributed by atoms with E-state index in [1.54, 1.807) is 36.4 Å². The minimum atomic E-state index is -3.94. The Kier molecular flexibility index (Phi) is 7.13. The van der Waals surface area contributed by atoms with E-state index in [9.17, 15) is 13.2 Å². The molecule has 0 fully saturated rings. The van der Waals surface area contributed by atoms with Gasteiger partial charge in [0.25, 0.3) is 10.0 Å². The van der Waals surface area contributed by atoms with Crippen molar-refractivity contribution in [1.29, 1.82) is 0 Å². The largest absolute Gasteiger partial charge is 0.354 e. The Balaban J connectivity index is 1.80. The zero-order valence-corrected chi connectivity index (χ0v) is 18.2. The number of carbonyl (C=O) groups is 1.